The molecule has 1 unspecified atom stereocenters. The summed E-state index contributed by atoms with van der Waals surface area (Å²) in [6.07, 6.45) is 2.68. The van der Waals surface area contributed by atoms with E-state index in [0.29, 0.717) is 0 Å². The van der Waals surface area contributed by atoms with Crippen molar-refractivity contribution >= 4 is 17.7 Å². The first-order chi connectivity index (χ1) is 6.77. The maximum Gasteiger partial charge on any atom is 0.235 e. The third-order valence-corrected chi connectivity index (χ3v) is 3.48. The maximum absolute atomic E-state index is 11.6. The van der Waals surface area contributed by atoms with E-state index < -0.39 is 0 Å². The van der Waals surface area contributed by atoms with Gasteiger partial charge in [0.25, 0.3) is 0 Å². The lowest BCUT2D eigenvalue weighted by atomic mass is 10.4. The van der Waals surface area contributed by atoms with Gasteiger partial charge >= 0.3 is 0 Å². The molecule has 1 aromatic heterocycles. The molecule has 1 aromatic rings. The number of hydrogen-bond acceptors (Lipinski definition) is 3. The molecule has 1 fully saturated rings. The molecule has 0 radical (unpaired) electrons. The van der Waals surface area contributed by atoms with Crippen LogP contribution in [0.2, 0.25) is 0 Å². The number of nitrogens with zero attached hydrogens (tertiary/aromatic N) is 2. The molecule has 4 heteroatoms. The first-order valence-corrected chi connectivity index (χ1v) is 5.48. The third kappa shape index (κ3) is 1.90. The number of aromatic nitrogens is 1. The maximum atomic E-state index is 11.6. The summed E-state index contributed by atoms with van der Waals surface area (Å²) in [4.78, 5) is 17.6. The Morgan fingerprint density at radius 3 is 3.00 bits per heavy atom. The zero-order chi connectivity index (χ0) is 9.97. The fourth-order valence-electron chi connectivity index (χ4n) is 1.46. The molecule has 0 aromatic carbocycles. The molecular weight excluding hydrogens is 196 g/mol. The molecule has 0 saturated carbocycles. The largest absolute Gasteiger partial charge is 0.345 e. The van der Waals surface area contributed by atoms with Crippen LogP contribution in [0.25, 0.3) is 0 Å². The molecule has 0 spiro atoms. The number of hydrogen-bond donors (Lipinski definition) is 0. The molecule has 0 aliphatic carbocycles. The van der Waals surface area contributed by atoms with Gasteiger partial charge in [0.2, 0.25) is 5.91 Å². The minimum absolute atomic E-state index is 0.0647. The Labute approximate surface area is 87.5 Å². The normalized spacial score (nSPS) is 21.6. The fourth-order valence-corrected chi connectivity index (χ4v) is 2.54. The lowest BCUT2D eigenvalue weighted by Gasteiger charge is -2.08. The summed E-state index contributed by atoms with van der Waals surface area (Å²) >= 11 is 1.56. The summed E-state index contributed by atoms with van der Waals surface area (Å²) in [6.45, 7) is 0.864. The molecule has 2 rings (SSSR count). The second kappa shape index (κ2) is 4.00. The van der Waals surface area contributed by atoms with E-state index in [9.17, 15) is 4.79 Å². The molecule has 1 amide bonds. The Bertz CT molecular complexity index is 328. The van der Waals surface area contributed by atoms with Gasteiger partial charge in [-0.1, -0.05) is 17.8 Å². The van der Waals surface area contributed by atoms with Crippen LogP contribution in [-0.4, -0.2) is 34.6 Å². The van der Waals surface area contributed by atoms with E-state index >= 15 is 0 Å². The van der Waals surface area contributed by atoms with E-state index in [-0.39, 0.29) is 11.2 Å². The van der Waals surface area contributed by atoms with Gasteiger partial charge in [-0.25, -0.2) is 4.98 Å². The number of likely N-dealkylation sites (tertiary alicyclic amines) is 1. The van der Waals surface area contributed by atoms with Crippen molar-refractivity contribution in [1.82, 2.24) is 9.88 Å². The molecule has 2 heterocycles. The second-order valence-corrected chi connectivity index (χ2v) is 4.55. The monoisotopic (exact) mass is 208 g/mol. The van der Waals surface area contributed by atoms with Crippen molar-refractivity contribution in [3.8, 4) is 0 Å². The number of thioether (sulfide) groups is 1. The minimum Gasteiger partial charge on any atom is -0.345 e. The summed E-state index contributed by atoms with van der Waals surface area (Å²) in [7, 11) is 1.85. The van der Waals surface area contributed by atoms with Gasteiger partial charge in [0, 0.05) is 19.8 Å². The standard InChI is InChI=1S/C10H12N2OS/c1-12-7-5-8(10(12)13)14-9-4-2-3-6-11-9/h2-4,6,8H,5,7H2,1H3. The first kappa shape index (κ1) is 9.52. The topological polar surface area (TPSA) is 33.2 Å². The van der Waals surface area contributed by atoms with E-state index in [1.807, 2.05) is 25.2 Å². The fraction of sp³-hybridized carbons (Fsp3) is 0.400. The smallest absolute Gasteiger partial charge is 0.235 e. The number of carbonyl (C=O) groups is 1. The highest BCUT2D eigenvalue weighted by Crippen LogP contribution is 2.28. The Kier molecular flexibility index (Phi) is 2.72. The van der Waals surface area contributed by atoms with Gasteiger partial charge in [-0.2, -0.15) is 0 Å². The Morgan fingerprint density at radius 1 is 1.57 bits per heavy atom. The average Bonchev–Trinajstić information content (AvgIpc) is 2.52. The lowest BCUT2D eigenvalue weighted by molar-refractivity contribution is -0.126. The molecule has 0 N–H and O–H groups in total. The molecule has 3 nitrogen and oxygen atoms in total. The summed E-state index contributed by atoms with van der Waals surface area (Å²) < 4.78 is 0. The van der Waals surface area contributed by atoms with Gasteiger partial charge < -0.3 is 4.90 Å². The van der Waals surface area contributed by atoms with E-state index in [1.165, 1.54) is 0 Å². The summed E-state index contributed by atoms with van der Waals surface area (Å²) in [5, 5.41) is 0.996. The van der Waals surface area contributed by atoms with Gasteiger partial charge in [0.1, 0.15) is 0 Å². The zero-order valence-corrected chi connectivity index (χ0v) is 8.83. The Balaban J connectivity index is 2.02. The highest BCUT2D eigenvalue weighted by Gasteiger charge is 2.29. The van der Waals surface area contributed by atoms with Crippen LogP contribution < -0.4 is 0 Å². The SMILES string of the molecule is CN1CCC(Sc2ccccn2)C1=O. The van der Waals surface area contributed by atoms with Gasteiger partial charge in [-0.05, 0) is 18.6 Å². The zero-order valence-electron chi connectivity index (χ0n) is 8.01. The average molecular weight is 208 g/mol. The quantitative estimate of drug-likeness (QED) is 0.736. The Hall–Kier alpha value is -1.03. The molecule has 1 atom stereocenters. The van der Waals surface area contributed by atoms with Crippen molar-refractivity contribution in [1.29, 1.82) is 0 Å². The van der Waals surface area contributed by atoms with E-state index in [0.717, 1.165) is 18.0 Å². The van der Waals surface area contributed by atoms with Crippen LogP contribution in [-0.2, 0) is 4.79 Å². The van der Waals surface area contributed by atoms with Crippen molar-refractivity contribution in [3.05, 3.63) is 24.4 Å². The van der Waals surface area contributed by atoms with Crippen molar-refractivity contribution in [2.75, 3.05) is 13.6 Å². The highest BCUT2D eigenvalue weighted by atomic mass is 32.2. The minimum atomic E-state index is 0.0647. The van der Waals surface area contributed by atoms with Crippen LogP contribution in [0, 0.1) is 0 Å². The van der Waals surface area contributed by atoms with Crippen LogP contribution in [0.5, 0.6) is 0 Å². The molecule has 14 heavy (non-hydrogen) atoms. The van der Waals surface area contributed by atoms with Crippen LogP contribution in [0.1, 0.15) is 6.42 Å². The van der Waals surface area contributed by atoms with Gasteiger partial charge in [-0.15, -0.1) is 0 Å². The van der Waals surface area contributed by atoms with Crippen molar-refractivity contribution in [3.63, 3.8) is 0 Å². The molecule has 74 valence electrons. The molecule has 1 aliphatic rings. The molecule has 1 saturated heterocycles. The van der Waals surface area contributed by atoms with Gasteiger partial charge in [-0.3, -0.25) is 4.79 Å². The van der Waals surface area contributed by atoms with E-state index in [2.05, 4.69) is 4.98 Å². The molecule has 0 bridgehead atoms. The van der Waals surface area contributed by atoms with Crippen LogP contribution in [0.4, 0.5) is 0 Å². The van der Waals surface area contributed by atoms with Crippen LogP contribution >= 0.6 is 11.8 Å². The van der Waals surface area contributed by atoms with Crippen molar-refractivity contribution < 1.29 is 4.79 Å². The second-order valence-electron chi connectivity index (χ2n) is 3.32. The van der Waals surface area contributed by atoms with Crippen LogP contribution in [0.3, 0.4) is 0 Å². The third-order valence-electron chi connectivity index (χ3n) is 2.28. The van der Waals surface area contributed by atoms with Crippen molar-refractivity contribution in [2.24, 2.45) is 0 Å². The number of rotatable bonds is 2. The molecule has 1 aliphatic heterocycles. The predicted octanol–water partition coefficient (Wildman–Crippen LogP) is 1.40. The van der Waals surface area contributed by atoms with E-state index in [4.69, 9.17) is 0 Å². The van der Waals surface area contributed by atoms with E-state index in [1.54, 1.807) is 22.9 Å². The Morgan fingerprint density at radius 2 is 2.43 bits per heavy atom. The van der Waals surface area contributed by atoms with Crippen LogP contribution in [0.15, 0.2) is 29.4 Å². The summed E-state index contributed by atoms with van der Waals surface area (Å²) in [5.74, 6) is 0.223. The number of pyridine rings is 1. The summed E-state index contributed by atoms with van der Waals surface area (Å²) in [5.41, 5.74) is 0. The van der Waals surface area contributed by atoms with Crippen molar-refractivity contribution in [2.45, 2.75) is 16.7 Å². The first-order valence-electron chi connectivity index (χ1n) is 4.60. The summed E-state index contributed by atoms with van der Waals surface area (Å²) in [6, 6.07) is 5.77. The van der Waals surface area contributed by atoms with Gasteiger partial charge in [0.15, 0.2) is 0 Å². The lowest BCUT2D eigenvalue weighted by Crippen LogP contribution is -2.23. The van der Waals surface area contributed by atoms with Gasteiger partial charge in [0.05, 0.1) is 10.3 Å². The number of carbonyl (C=O) groups excluding carboxylic acids is 1. The highest BCUT2D eigenvalue weighted by molar-refractivity contribution is 8.00. The number of amides is 1. The predicted molar refractivity (Wildman–Crippen MR) is 56.1 cm³/mol. The molecular formula is C10H12N2OS.